The number of aryl methyl sites for hydroxylation is 3. The Hall–Kier alpha value is -3.03. The third-order valence-corrected chi connectivity index (χ3v) is 3.39. The Labute approximate surface area is 126 Å². The van der Waals surface area contributed by atoms with E-state index in [2.05, 4.69) is 20.2 Å². The third-order valence-electron chi connectivity index (χ3n) is 3.39. The van der Waals surface area contributed by atoms with Gasteiger partial charge in [-0.15, -0.1) is 0 Å². The van der Waals surface area contributed by atoms with E-state index in [4.69, 9.17) is 0 Å². The molecule has 22 heavy (non-hydrogen) atoms. The van der Waals surface area contributed by atoms with Crippen LogP contribution in [-0.4, -0.2) is 40.4 Å². The minimum Gasteiger partial charge on any atom is -0.493 e. The number of hydrogen-bond donors (Lipinski definition) is 1. The van der Waals surface area contributed by atoms with Crippen LogP contribution in [0.15, 0.2) is 24.8 Å². The van der Waals surface area contributed by atoms with Crippen molar-refractivity contribution in [2.24, 2.45) is 7.05 Å². The first-order valence-corrected chi connectivity index (χ1v) is 6.59. The minimum absolute atomic E-state index is 0.151. The van der Waals surface area contributed by atoms with Crippen LogP contribution in [0.5, 0.6) is 5.88 Å². The molecule has 0 bridgehead atoms. The number of carbonyl (C=O) groups is 1. The molecule has 0 amide bonds. The Morgan fingerprint density at radius 1 is 1.23 bits per heavy atom. The molecule has 3 heterocycles. The molecule has 3 rings (SSSR count). The van der Waals surface area contributed by atoms with Crippen molar-refractivity contribution in [3.8, 4) is 11.7 Å². The molecule has 1 N–H and O–H groups in total. The highest BCUT2D eigenvalue weighted by molar-refractivity contribution is 6.11. The first kappa shape index (κ1) is 13.9. The van der Waals surface area contributed by atoms with Crippen LogP contribution in [0.25, 0.3) is 5.82 Å². The second kappa shape index (κ2) is 5.06. The monoisotopic (exact) mass is 298 g/mol. The second-order valence-electron chi connectivity index (χ2n) is 4.88. The van der Waals surface area contributed by atoms with E-state index in [0.717, 1.165) is 0 Å². The van der Waals surface area contributed by atoms with E-state index < -0.39 is 0 Å². The number of aromatic hydroxyl groups is 1. The van der Waals surface area contributed by atoms with Gasteiger partial charge >= 0.3 is 0 Å². The number of hydrogen-bond acceptors (Lipinski definition) is 6. The molecule has 3 aromatic rings. The van der Waals surface area contributed by atoms with Crippen LogP contribution in [0.1, 0.15) is 27.3 Å². The van der Waals surface area contributed by atoms with E-state index >= 15 is 0 Å². The van der Waals surface area contributed by atoms with Crippen molar-refractivity contribution in [1.82, 2.24) is 29.5 Å². The quantitative estimate of drug-likeness (QED) is 0.723. The number of aromatic nitrogens is 6. The largest absolute Gasteiger partial charge is 0.493 e. The lowest BCUT2D eigenvalue weighted by atomic mass is 10.0. The summed E-state index contributed by atoms with van der Waals surface area (Å²) in [6.45, 7) is 3.41. The Kier molecular flexibility index (Phi) is 3.21. The van der Waals surface area contributed by atoms with E-state index in [0.29, 0.717) is 22.8 Å². The molecule has 0 aromatic carbocycles. The maximum atomic E-state index is 12.6. The zero-order valence-corrected chi connectivity index (χ0v) is 12.3. The van der Waals surface area contributed by atoms with Crippen LogP contribution in [0, 0.1) is 13.8 Å². The van der Waals surface area contributed by atoms with E-state index in [-0.39, 0.29) is 17.2 Å². The standard InChI is InChI=1S/C14H14N6O2/c1-8-10(4-5-11(17-8)20-7-15-6-16-20)13(21)12-9(2)18-19(3)14(12)22/h4-7,22H,1-3H3. The molecule has 0 saturated heterocycles. The summed E-state index contributed by atoms with van der Waals surface area (Å²) in [6.07, 6.45) is 2.94. The number of nitrogens with zero attached hydrogens (tertiary/aromatic N) is 6. The average molecular weight is 298 g/mol. The molecule has 3 aromatic heterocycles. The molecule has 0 aliphatic heterocycles. The van der Waals surface area contributed by atoms with Gasteiger partial charge in [-0.05, 0) is 26.0 Å². The highest BCUT2D eigenvalue weighted by Crippen LogP contribution is 2.24. The topological polar surface area (TPSA) is 98.7 Å². The summed E-state index contributed by atoms with van der Waals surface area (Å²) >= 11 is 0. The summed E-state index contributed by atoms with van der Waals surface area (Å²) in [4.78, 5) is 20.9. The van der Waals surface area contributed by atoms with Crippen LogP contribution in [-0.2, 0) is 7.05 Å². The highest BCUT2D eigenvalue weighted by atomic mass is 16.3. The van der Waals surface area contributed by atoms with Crippen LogP contribution in [0.4, 0.5) is 0 Å². The van der Waals surface area contributed by atoms with Crippen molar-refractivity contribution in [1.29, 1.82) is 0 Å². The lowest BCUT2D eigenvalue weighted by Crippen LogP contribution is -2.08. The SMILES string of the molecule is Cc1nc(-n2cncn2)ccc1C(=O)c1c(C)nn(C)c1O. The summed E-state index contributed by atoms with van der Waals surface area (Å²) in [5, 5.41) is 18.0. The van der Waals surface area contributed by atoms with Crippen LogP contribution < -0.4 is 0 Å². The van der Waals surface area contributed by atoms with Gasteiger partial charge in [-0.2, -0.15) is 10.2 Å². The van der Waals surface area contributed by atoms with E-state index in [1.54, 1.807) is 33.0 Å². The number of pyridine rings is 1. The normalized spacial score (nSPS) is 10.9. The van der Waals surface area contributed by atoms with Gasteiger partial charge in [-0.3, -0.25) is 4.79 Å². The molecule has 112 valence electrons. The first-order chi connectivity index (χ1) is 10.5. The van der Waals surface area contributed by atoms with Gasteiger partial charge in [-0.25, -0.2) is 19.3 Å². The zero-order chi connectivity index (χ0) is 15.9. The maximum absolute atomic E-state index is 12.6. The molecule has 0 saturated carbocycles. The van der Waals surface area contributed by atoms with Gasteiger partial charge in [0.05, 0.1) is 11.4 Å². The summed E-state index contributed by atoms with van der Waals surface area (Å²) in [5.74, 6) is 0.110. The number of rotatable bonds is 3. The number of ketones is 1. The molecule has 0 unspecified atom stereocenters. The van der Waals surface area contributed by atoms with Crippen molar-refractivity contribution in [2.75, 3.05) is 0 Å². The fourth-order valence-corrected chi connectivity index (χ4v) is 2.29. The Balaban J connectivity index is 2.04. The Morgan fingerprint density at radius 3 is 2.55 bits per heavy atom. The third kappa shape index (κ3) is 2.14. The fourth-order valence-electron chi connectivity index (χ4n) is 2.29. The second-order valence-corrected chi connectivity index (χ2v) is 4.88. The first-order valence-electron chi connectivity index (χ1n) is 6.59. The van der Waals surface area contributed by atoms with Gasteiger partial charge in [0, 0.05) is 12.6 Å². The highest BCUT2D eigenvalue weighted by Gasteiger charge is 2.23. The zero-order valence-electron chi connectivity index (χ0n) is 12.3. The minimum atomic E-state index is -0.307. The molecule has 0 aliphatic carbocycles. The van der Waals surface area contributed by atoms with Gasteiger partial charge in [-0.1, -0.05) is 0 Å². The van der Waals surface area contributed by atoms with E-state index in [1.807, 2.05) is 0 Å². The van der Waals surface area contributed by atoms with Gasteiger partial charge in [0.1, 0.15) is 18.2 Å². The smallest absolute Gasteiger partial charge is 0.220 e. The summed E-state index contributed by atoms with van der Waals surface area (Å²) in [5.41, 5.74) is 1.63. The lowest BCUT2D eigenvalue weighted by molar-refractivity contribution is 0.103. The Bertz CT molecular complexity index is 851. The van der Waals surface area contributed by atoms with Crippen molar-refractivity contribution in [3.05, 3.63) is 47.3 Å². The van der Waals surface area contributed by atoms with Gasteiger partial charge in [0.15, 0.2) is 5.82 Å². The molecule has 0 aliphatic rings. The van der Waals surface area contributed by atoms with Crippen molar-refractivity contribution < 1.29 is 9.90 Å². The van der Waals surface area contributed by atoms with Crippen molar-refractivity contribution in [2.45, 2.75) is 13.8 Å². The van der Waals surface area contributed by atoms with Crippen LogP contribution in [0.2, 0.25) is 0 Å². The summed E-state index contributed by atoms with van der Waals surface area (Å²) < 4.78 is 2.78. The molecule has 0 radical (unpaired) electrons. The Morgan fingerprint density at radius 2 is 2.00 bits per heavy atom. The predicted octanol–water partition coefficient (Wildman–Crippen LogP) is 0.949. The van der Waals surface area contributed by atoms with Crippen molar-refractivity contribution >= 4 is 5.78 Å². The van der Waals surface area contributed by atoms with Gasteiger partial charge in [0.2, 0.25) is 11.7 Å². The lowest BCUT2D eigenvalue weighted by Gasteiger charge is -2.07. The average Bonchev–Trinajstić information content (AvgIpc) is 3.08. The molecule has 8 nitrogen and oxygen atoms in total. The van der Waals surface area contributed by atoms with Crippen LogP contribution in [0.3, 0.4) is 0 Å². The van der Waals surface area contributed by atoms with Gasteiger partial charge < -0.3 is 5.11 Å². The molecule has 0 fully saturated rings. The summed E-state index contributed by atoms with van der Waals surface area (Å²) in [7, 11) is 1.58. The fraction of sp³-hybridized carbons (Fsp3) is 0.214. The maximum Gasteiger partial charge on any atom is 0.220 e. The molecule has 0 spiro atoms. The molecular formula is C14H14N6O2. The number of carbonyl (C=O) groups excluding carboxylic acids is 1. The van der Waals surface area contributed by atoms with Crippen LogP contribution >= 0.6 is 0 Å². The van der Waals surface area contributed by atoms with E-state index in [9.17, 15) is 9.90 Å². The molecule has 0 atom stereocenters. The molecular weight excluding hydrogens is 284 g/mol. The summed E-state index contributed by atoms with van der Waals surface area (Å²) in [6, 6.07) is 3.34. The van der Waals surface area contributed by atoms with Gasteiger partial charge in [0.25, 0.3) is 0 Å². The molecule has 8 heteroatoms. The predicted molar refractivity (Wildman–Crippen MR) is 76.9 cm³/mol. The van der Waals surface area contributed by atoms with Crippen molar-refractivity contribution in [3.63, 3.8) is 0 Å². The van der Waals surface area contributed by atoms with E-state index in [1.165, 1.54) is 22.0 Å².